The van der Waals surface area contributed by atoms with Crippen molar-refractivity contribution in [3.05, 3.63) is 46.4 Å². The summed E-state index contributed by atoms with van der Waals surface area (Å²) in [6.07, 6.45) is 3.98. The molecule has 2 rings (SSSR count). The second kappa shape index (κ2) is 6.31. The van der Waals surface area contributed by atoms with E-state index in [1.165, 1.54) is 4.88 Å². The lowest BCUT2D eigenvalue weighted by Crippen LogP contribution is -2.29. The summed E-state index contributed by atoms with van der Waals surface area (Å²) in [4.78, 5) is 19.2. The number of nitrogen functional groups attached to an aromatic ring is 1. The van der Waals surface area contributed by atoms with E-state index in [1.54, 1.807) is 41.7 Å². The van der Waals surface area contributed by atoms with Crippen molar-refractivity contribution in [1.82, 2.24) is 9.88 Å². The molecule has 0 aliphatic heterocycles. The van der Waals surface area contributed by atoms with Gasteiger partial charge in [0.25, 0.3) is 5.91 Å². The highest BCUT2D eigenvalue weighted by Gasteiger charge is 2.15. The standard InChI is InChI=1S/C13H16N4OS/c1-17(7-5-10-3-2-8-19-10)13(18)11-4-6-15-9-12(11)16-14/h2-4,6,8-9,16H,5,7,14H2,1H3. The Kier molecular flexibility index (Phi) is 4.48. The Morgan fingerprint density at radius 3 is 3.05 bits per heavy atom. The number of aromatic nitrogens is 1. The molecule has 0 aliphatic carbocycles. The van der Waals surface area contributed by atoms with Gasteiger partial charge in [0.2, 0.25) is 0 Å². The number of nitrogens with one attached hydrogen (secondary N) is 1. The first kappa shape index (κ1) is 13.5. The Hall–Kier alpha value is -1.92. The van der Waals surface area contributed by atoms with E-state index in [2.05, 4.69) is 16.5 Å². The van der Waals surface area contributed by atoms with Gasteiger partial charge in [0, 0.05) is 24.7 Å². The van der Waals surface area contributed by atoms with E-state index < -0.39 is 0 Å². The highest BCUT2D eigenvalue weighted by Crippen LogP contribution is 2.15. The maximum atomic E-state index is 12.3. The maximum absolute atomic E-state index is 12.3. The summed E-state index contributed by atoms with van der Waals surface area (Å²) in [6.45, 7) is 0.672. The second-order valence-corrected chi connectivity index (χ2v) is 5.15. The lowest BCUT2D eigenvalue weighted by atomic mass is 10.2. The number of thiophene rings is 1. The van der Waals surface area contributed by atoms with Crippen molar-refractivity contribution in [2.45, 2.75) is 6.42 Å². The van der Waals surface area contributed by atoms with Crippen LogP contribution in [0.15, 0.2) is 36.0 Å². The molecule has 0 fully saturated rings. The zero-order valence-corrected chi connectivity index (χ0v) is 11.5. The molecule has 0 radical (unpaired) electrons. The molecule has 0 saturated heterocycles. The van der Waals surface area contributed by atoms with E-state index in [0.717, 1.165) is 6.42 Å². The predicted molar refractivity (Wildman–Crippen MR) is 77.0 cm³/mol. The molecule has 2 heterocycles. The molecule has 0 unspecified atom stereocenters. The first-order chi connectivity index (χ1) is 9.22. The predicted octanol–water partition coefficient (Wildman–Crippen LogP) is 1.74. The van der Waals surface area contributed by atoms with Crippen LogP contribution in [0.25, 0.3) is 0 Å². The molecule has 0 saturated carbocycles. The monoisotopic (exact) mass is 276 g/mol. The molecule has 0 spiro atoms. The molecule has 2 aromatic rings. The highest BCUT2D eigenvalue weighted by molar-refractivity contribution is 7.09. The van der Waals surface area contributed by atoms with Gasteiger partial charge in [-0.3, -0.25) is 15.6 Å². The Labute approximate surface area is 116 Å². The fraction of sp³-hybridized carbons (Fsp3) is 0.231. The van der Waals surface area contributed by atoms with Gasteiger partial charge in [-0.1, -0.05) is 6.07 Å². The molecule has 3 N–H and O–H groups in total. The quantitative estimate of drug-likeness (QED) is 0.644. The molecular weight excluding hydrogens is 260 g/mol. The third-order valence-corrected chi connectivity index (χ3v) is 3.76. The van der Waals surface area contributed by atoms with E-state index in [9.17, 15) is 4.79 Å². The van der Waals surface area contributed by atoms with Gasteiger partial charge in [0.15, 0.2) is 0 Å². The fourth-order valence-electron chi connectivity index (χ4n) is 1.74. The van der Waals surface area contributed by atoms with Crippen LogP contribution in [-0.2, 0) is 6.42 Å². The topological polar surface area (TPSA) is 71.2 Å². The molecule has 6 heteroatoms. The summed E-state index contributed by atoms with van der Waals surface area (Å²) in [5, 5.41) is 2.04. The van der Waals surface area contributed by atoms with Crippen LogP contribution < -0.4 is 11.3 Å². The van der Waals surface area contributed by atoms with Crippen molar-refractivity contribution in [2.24, 2.45) is 5.84 Å². The summed E-state index contributed by atoms with van der Waals surface area (Å²) >= 11 is 1.70. The molecule has 100 valence electrons. The van der Waals surface area contributed by atoms with Crippen LogP contribution in [0.4, 0.5) is 5.69 Å². The summed E-state index contributed by atoms with van der Waals surface area (Å²) in [7, 11) is 1.79. The lowest BCUT2D eigenvalue weighted by Gasteiger charge is -2.18. The van der Waals surface area contributed by atoms with Gasteiger partial charge in [0.05, 0.1) is 17.4 Å². The normalized spacial score (nSPS) is 10.2. The Bertz CT molecular complexity index is 541. The van der Waals surface area contributed by atoms with Crippen molar-refractivity contribution in [3.63, 3.8) is 0 Å². The number of hydrogen-bond donors (Lipinski definition) is 2. The van der Waals surface area contributed by atoms with Crippen LogP contribution >= 0.6 is 11.3 Å². The molecule has 0 atom stereocenters. The number of rotatable bonds is 5. The van der Waals surface area contributed by atoms with Gasteiger partial charge in [-0.25, -0.2) is 0 Å². The zero-order chi connectivity index (χ0) is 13.7. The van der Waals surface area contributed by atoms with E-state index >= 15 is 0 Å². The summed E-state index contributed by atoms with van der Waals surface area (Å²) in [5.74, 6) is 5.32. The molecule has 0 aromatic carbocycles. The minimum absolute atomic E-state index is 0.0630. The number of nitrogens with two attached hydrogens (primary N) is 1. The largest absolute Gasteiger partial charge is 0.341 e. The third kappa shape index (κ3) is 3.30. The molecule has 1 amide bonds. The number of amides is 1. The summed E-state index contributed by atoms with van der Waals surface area (Å²) < 4.78 is 0. The number of hydrogen-bond acceptors (Lipinski definition) is 5. The summed E-state index contributed by atoms with van der Waals surface area (Å²) in [5.41, 5.74) is 3.56. The van der Waals surface area contributed by atoms with Crippen LogP contribution in [0.3, 0.4) is 0 Å². The van der Waals surface area contributed by atoms with Crippen molar-refractivity contribution < 1.29 is 4.79 Å². The van der Waals surface area contributed by atoms with Crippen molar-refractivity contribution in [3.8, 4) is 0 Å². The zero-order valence-electron chi connectivity index (χ0n) is 10.7. The van der Waals surface area contributed by atoms with E-state index in [-0.39, 0.29) is 5.91 Å². The molecule has 0 aliphatic rings. The second-order valence-electron chi connectivity index (χ2n) is 4.12. The van der Waals surface area contributed by atoms with Gasteiger partial charge in [-0.05, 0) is 23.9 Å². The molecule has 19 heavy (non-hydrogen) atoms. The minimum atomic E-state index is -0.0630. The molecule has 2 aromatic heterocycles. The van der Waals surface area contributed by atoms with Gasteiger partial charge in [-0.2, -0.15) is 0 Å². The van der Waals surface area contributed by atoms with Crippen molar-refractivity contribution >= 4 is 22.9 Å². The van der Waals surface area contributed by atoms with Crippen molar-refractivity contribution in [1.29, 1.82) is 0 Å². The Balaban J connectivity index is 2.02. The fourth-order valence-corrected chi connectivity index (χ4v) is 2.43. The SMILES string of the molecule is CN(CCc1cccs1)C(=O)c1ccncc1NN. The Morgan fingerprint density at radius 1 is 1.53 bits per heavy atom. The van der Waals surface area contributed by atoms with E-state index in [0.29, 0.717) is 17.8 Å². The third-order valence-electron chi connectivity index (χ3n) is 2.83. The first-order valence-electron chi connectivity index (χ1n) is 5.91. The van der Waals surface area contributed by atoms with Crippen molar-refractivity contribution in [2.75, 3.05) is 19.0 Å². The number of likely N-dealkylation sites (N-methyl/N-ethyl adjacent to an activating group) is 1. The van der Waals surface area contributed by atoms with Gasteiger partial charge >= 0.3 is 0 Å². The van der Waals surface area contributed by atoms with Gasteiger partial charge < -0.3 is 10.3 Å². The number of carbonyl (C=O) groups excluding carboxylic acids is 1. The lowest BCUT2D eigenvalue weighted by molar-refractivity contribution is 0.0797. The molecular formula is C13H16N4OS. The molecule has 0 bridgehead atoms. The number of carbonyl (C=O) groups is 1. The minimum Gasteiger partial charge on any atom is -0.341 e. The van der Waals surface area contributed by atoms with E-state index in [4.69, 9.17) is 5.84 Å². The highest BCUT2D eigenvalue weighted by atomic mass is 32.1. The summed E-state index contributed by atoms with van der Waals surface area (Å²) in [6, 6.07) is 5.75. The van der Waals surface area contributed by atoms with Crippen LogP contribution in [0, 0.1) is 0 Å². The average molecular weight is 276 g/mol. The van der Waals surface area contributed by atoms with E-state index in [1.807, 2.05) is 11.4 Å². The Morgan fingerprint density at radius 2 is 2.37 bits per heavy atom. The van der Waals surface area contributed by atoms with Crippen LogP contribution in [-0.4, -0.2) is 29.4 Å². The maximum Gasteiger partial charge on any atom is 0.255 e. The van der Waals surface area contributed by atoms with Crippen LogP contribution in [0.2, 0.25) is 0 Å². The first-order valence-corrected chi connectivity index (χ1v) is 6.79. The van der Waals surface area contributed by atoms with Gasteiger partial charge in [0.1, 0.15) is 0 Å². The van der Waals surface area contributed by atoms with Gasteiger partial charge in [-0.15, -0.1) is 11.3 Å². The van der Waals surface area contributed by atoms with Crippen LogP contribution in [0.1, 0.15) is 15.2 Å². The number of pyridine rings is 1. The molecule has 5 nitrogen and oxygen atoms in total. The smallest absolute Gasteiger partial charge is 0.255 e. The van der Waals surface area contributed by atoms with Crippen LogP contribution in [0.5, 0.6) is 0 Å². The number of anilines is 1. The number of nitrogens with zero attached hydrogens (tertiary/aromatic N) is 2. The average Bonchev–Trinajstić information content (AvgIpc) is 2.97. The number of hydrazine groups is 1.